The SMILES string of the molecule is O=C(CN1C(=O)CCOc2ccccc21)N1CCN(Cc2ccc3c(c2)OCO3)CC1. The number of para-hydroxylation sites is 2. The van der Waals surface area contributed by atoms with Crippen LogP contribution in [0.25, 0.3) is 0 Å². The van der Waals surface area contributed by atoms with E-state index >= 15 is 0 Å². The van der Waals surface area contributed by atoms with Gasteiger partial charge < -0.3 is 19.1 Å². The number of ether oxygens (including phenoxy) is 3. The van der Waals surface area contributed by atoms with Crippen molar-refractivity contribution in [2.75, 3.05) is 51.0 Å². The predicted octanol–water partition coefficient (Wildman–Crippen LogP) is 1.88. The molecule has 0 aromatic heterocycles. The third kappa shape index (κ3) is 4.16. The molecule has 31 heavy (non-hydrogen) atoms. The molecule has 0 bridgehead atoms. The first-order valence-corrected chi connectivity index (χ1v) is 10.6. The van der Waals surface area contributed by atoms with Gasteiger partial charge in [-0.2, -0.15) is 0 Å². The second-order valence-electron chi connectivity index (χ2n) is 7.89. The van der Waals surface area contributed by atoms with Crippen molar-refractivity contribution >= 4 is 17.5 Å². The van der Waals surface area contributed by atoms with Gasteiger partial charge in [-0.3, -0.25) is 19.4 Å². The summed E-state index contributed by atoms with van der Waals surface area (Å²) in [5.41, 5.74) is 1.83. The predicted molar refractivity (Wildman–Crippen MR) is 113 cm³/mol. The molecule has 0 N–H and O–H groups in total. The highest BCUT2D eigenvalue weighted by Gasteiger charge is 2.28. The lowest BCUT2D eigenvalue weighted by atomic mass is 10.1. The van der Waals surface area contributed by atoms with Crippen LogP contribution in [-0.4, -0.2) is 67.7 Å². The van der Waals surface area contributed by atoms with Gasteiger partial charge in [0.25, 0.3) is 0 Å². The number of anilines is 1. The number of fused-ring (bicyclic) bond motifs is 2. The fourth-order valence-corrected chi connectivity index (χ4v) is 4.18. The molecule has 2 aromatic rings. The van der Waals surface area contributed by atoms with Crippen molar-refractivity contribution in [3.8, 4) is 17.2 Å². The van der Waals surface area contributed by atoms with Crippen LogP contribution >= 0.6 is 0 Å². The maximum Gasteiger partial charge on any atom is 0.242 e. The first-order valence-electron chi connectivity index (χ1n) is 10.6. The lowest BCUT2D eigenvalue weighted by Crippen LogP contribution is -2.51. The Morgan fingerprint density at radius 1 is 0.903 bits per heavy atom. The van der Waals surface area contributed by atoms with Crippen molar-refractivity contribution in [3.05, 3.63) is 48.0 Å². The lowest BCUT2D eigenvalue weighted by Gasteiger charge is -2.35. The number of hydrogen-bond donors (Lipinski definition) is 0. The zero-order valence-electron chi connectivity index (χ0n) is 17.3. The van der Waals surface area contributed by atoms with Crippen LogP contribution in [0.2, 0.25) is 0 Å². The first-order chi connectivity index (χ1) is 15.2. The molecule has 0 unspecified atom stereocenters. The summed E-state index contributed by atoms with van der Waals surface area (Å²) in [7, 11) is 0. The molecule has 3 heterocycles. The van der Waals surface area contributed by atoms with E-state index in [1.165, 1.54) is 0 Å². The summed E-state index contributed by atoms with van der Waals surface area (Å²) in [5, 5.41) is 0. The fourth-order valence-electron chi connectivity index (χ4n) is 4.18. The van der Waals surface area contributed by atoms with Crippen molar-refractivity contribution in [3.63, 3.8) is 0 Å². The minimum atomic E-state index is -0.0836. The second kappa shape index (κ2) is 8.47. The van der Waals surface area contributed by atoms with Crippen LogP contribution in [0.3, 0.4) is 0 Å². The Kier molecular flexibility index (Phi) is 5.38. The zero-order chi connectivity index (χ0) is 21.2. The molecule has 0 atom stereocenters. The molecule has 0 saturated carbocycles. The van der Waals surface area contributed by atoms with Crippen LogP contribution in [0, 0.1) is 0 Å². The standard InChI is InChI=1S/C23H25N3O5/c27-22-7-12-29-19-4-2-1-3-18(19)26(22)15-23(28)25-10-8-24(9-11-25)14-17-5-6-20-21(13-17)31-16-30-20/h1-6,13H,7-12,14-16H2. The monoisotopic (exact) mass is 423 g/mol. The van der Waals surface area contributed by atoms with Gasteiger partial charge in [0, 0.05) is 32.7 Å². The maximum atomic E-state index is 13.0. The van der Waals surface area contributed by atoms with E-state index in [2.05, 4.69) is 11.0 Å². The molecular formula is C23H25N3O5. The third-order valence-electron chi connectivity index (χ3n) is 5.89. The largest absolute Gasteiger partial charge is 0.491 e. The van der Waals surface area contributed by atoms with Crippen LogP contribution in [-0.2, 0) is 16.1 Å². The van der Waals surface area contributed by atoms with Crippen LogP contribution in [0.15, 0.2) is 42.5 Å². The van der Waals surface area contributed by atoms with Gasteiger partial charge in [0.1, 0.15) is 12.3 Å². The number of benzene rings is 2. The Labute approximate surface area is 180 Å². The van der Waals surface area contributed by atoms with E-state index in [-0.39, 0.29) is 31.6 Å². The van der Waals surface area contributed by atoms with Crippen LogP contribution in [0.1, 0.15) is 12.0 Å². The number of piperazine rings is 1. The van der Waals surface area contributed by atoms with Crippen molar-refractivity contribution in [1.29, 1.82) is 0 Å². The number of rotatable bonds is 4. The quantitative estimate of drug-likeness (QED) is 0.748. The van der Waals surface area contributed by atoms with Crippen molar-refractivity contribution < 1.29 is 23.8 Å². The molecule has 8 nitrogen and oxygen atoms in total. The Balaban J connectivity index is 1.18. The molecule has 0 aliphatic carbocycles. The summed E-state index contributed by atoms with van der Waals surface area (Å²) < 4.78 is 16.5. The molecule has 1 saturated heterocycles. The van der Waals surface area contributed by atoms with Crippen molar-refractivity contribution in [2.24, 2.45) is 0 Å². The number of carbonyl (C=O) groups is 2. The first kappa shape index (κ1) is 19.7. The van der Waals surface area contributed by atoms with Gasteiger partial charge in [-0.05, 0) is 29.8 Å². The summed E-state index contributed by atoms with van der Waals surface area (Å²) >= 11 is 0. The fraction of sp³-hybridized carbons (Fsp3) is 0.391. The molecule has 8 heteroatoms. The van der Waals surface area contributed by atoms with Gasteiger partial charge in [0.2, 0.25) is 18.6 Å². The number of hydrogen-bond acceptors (Lipinski definition) is 6. The van der Waals surface area contributed by atoms with E-state index in [1.807, 2.05) is 41.3 Å². The summed E-state index contributed by atoms with van der Waals surface area (Å²) in [4.78, 5) is 31.3. The molecule has 0 spiro atoms. The Morgan fingerprint density at radius 3 is 2.58 bits per heavy atom. The van der Waals surface area contributed by atoms with Gasteiger partial charge in [-0.25, -0.2) is 0 Å². The van der Waals surface area contributed by atoms with Gasteiger partial charge in [0.05, 0.1) is 18.7 Å². The minimum Gasteiger partial charge on any atom is -0.491 e. The summed E-state index contributed by atoms with van der Waals surface area (Å²) in [5.74, 6) is 2.11. The third-order valence-corrected chi connectivity index (χ3v) is 5.89. The average molecular weight is 423 g/mol. The number of carbonyl (C=O) groups excluding carboxylic acids is 2. The van der Waals surface area contributed by atoms with Crippen molar-refractivity contribution in [2.45, 2.75) is 13.0 Å². The molecule has 2 amide bonds. The van der Waals surface area contributed by atoms with Gasteiger partial charge >= 0.3 is 0 Å². The van der Waals surface area contributed by atoms with E-state index in [0.717, 1.165) is 36.7 Å². The Morgan fingerprint density at radius 2 is 1.71 bits per heavy atom. The van der Waals surface area contributed by atoms with Gasteiger partial charge in [-0.15, -0.1) is 0 Å². The Bertz CT molecular complexity index is 987. The maximum absolute atomic E-state index is 13.0. The molecule has 1 fully saturated rings. The van der Waals surface area contributed by atoms with E-state index in [4.69, 9.17) is 14.2 Å². The van der Waals surface area contributed by atoms with Gasteiger partial charge in [0.15, 0.2) is 11.5 Å². The zero-order valence-corrected chi connectivity index (χ0v) is 17.3. The van der Waals surface area contributed by atoms with Crippen LogP contribution < -0.4 is 19.1 Å². The Hall–Kier alpha value is -3.26. The average Bonchev–Trinajstić information content (AvgIpc) is 3.20. The molecular weight excluding hydrogens is 398 g/mol. The van der Waals surface area contributed by atoms with Gasteiger partial charge in [-0.1, -0.05) is 18.2 Å². The smallest absolute Gasteiger partial charge is 0.242 e. The molecule has 5 rings (SSSR count). The van der Waals surface area contributed by atoms with Crippen LogP contribution in [0.4, 0.5) is 5.69 Å². The second-order valence-corrected chi connectivity index (χ2v) is 7.89. The van der Waals surface area contributed by atoms with E-state index in [9.17, 15) is 9.59 Å². The summed E-state index contributed by atoms with van der Waals surface area (Å²) in [6.45, 7) is 4.30. The summed E-state index contributed by atoms with van der Waals surface area (Å²) in [6.07, 6.45) is 0.269. The highest BCUT2D eigenvalue weighted by Crippen LogP contribution is 2.33. The van der Waals surface area contributed by atoms with E-state index in [0.29, 0.717) is 31.1 Å². The molecule has 0 radical (unpaired) electrons. The van der Waals surface area contributed by atoms with E-state index in [1.54, 1.807) is 4.90 Å². The van der Waals surface area contributed by atoms with Crippen molar-refractivity contribution in [1.82, 2.24) is 9.80 Å². The molecule has 162 valence electrons. The summed E-state index contributed by atoms with van der Waals surface area (Å²) in [6, 6.07) is 13.4. The van der Waals surface area contributed by atoms with E-state index < -0.39 is 0 Å². The molecule has 2 aromatic carbocycles. The topological polar surface area (TPSA) is 71.6 Å². The highest BCUT2D eigenvalue weighted by molar-refractivity contribution is 6.00. The number of nitrogens with zero attached hydrogens (tertiary/aromatic N) is 3. The highest BCUT2D eigenvalue weighted by atomic mass is 16.7. The van der Waals surface area contributed by atoms with Crippen LogP contribution in [0.5, 0.6) is 17.2 Å². The normalized spacial score (nSPS) is 18.4. The molecule has 3 aliphatic heterocycles. The lowest BCUT2D eigenvalue weighted by molar-refractivity contribution is -0.133. The molecule has 3 aliphatic rings. The number of amides is 2. The minimum absolute atomic E-state index is 0.0345.